The van der Waals surface area contributed by atoms with E-state index in [1.165, 1.54) is 7.11 Å². The van der Waals surface area contributed by atoms with Crippen molar-refractivity contribution in [3.05, 3.63) is 52.8 Å². The maximum atomic E-state index is 12.1. The molecule has 0 spiro atoms. The van der Waals surface area contributed by atoms with Crippen LogP contribution in [-0.2, 0) is 0 Å². The van der Waals surface area contributed by atoms with Crippen molar-refractivity contribution < 1.29 is 9.53 Å². The zero-order valence-electron chi connectivity index (χ0n) is 8.66. The van der Waals surface area contributed by atoms with E-state index < -0.39 is 0 Å². The summed E-state index contributed by atoms with van der Waals surface area (Å²) in [7, 11) is 1.54. The molecule has 0 aliphatic rings. The van der Waals surface area contributed by atoms with E-state index in [0.29, 0.717) is 22.0 Å². The minimum absolute atomic E-state index is 0.135. The Morgan fingerprint density at radius 3 is 2.75 bits per heavy atom. The number of aromatic amines is 1. The second kappa shape index (κ2) is 4.41. The number of benzene rings is 1. The molecule has 1 aromatic heterocycles. The monoisotopic (exact) mass is 235 g/mol. The summed E-state index contributed by atoms with van der Waals surface area (Å²) in [4.78, 5) is 14.9. The highest BCUT2D eigenvalue weighted by Gasteiger charge is 2.15. The molecule has 2 rings (SSSR count). The van der Waals surface area contributed by atoms with Crippen LogP contribution in [0.15, 0.2) is 36.5 Å². The van der Waals surface area contributed by atoms with Gasteiger partial charge in [-0.05, 0) is 18.2 Å². The molecule has 2 aromatic rings. The molecule has 0 amide bonds. The van der Waals surface area contributed by atoms with Crippen LogP contribution in [0.1, 0.15) is 16.1 Å². The topological polar surface area (TPSA) is 42.1 Å². The Balaban J connectivity index is 2.41. The first-order chi connectivity index (χ1) is 7.72. The zero-order valence-corrected chi connectivity index (χ0v) is 9.41. The predicted octanol–water partition coefficient (Wildman–Crippen LogP) is 2.91. The van der Waals surface area contributed by atoms with Crippen molar-refractivity contribution in [3.8, 4) is 5.75 Å². The van der Waals surface area contributed by atoms with E-state index in [0.717, 1.165) is 0 Å². The number of methoxy groups -OCH3 is 1. The van der Waals surface area contributed by atoms with Crippen LogP contribution in [0, 0.1) is 0 Å². The third-order valence-corrected chi connectivity index (χ3v) is 2.46. The fourth-order valence-electron chi connectivity index (χ4n) is 1.48. The van der Waals surface area contributed by atoms with Gasteiger partial charge in [0.1, 0.15) is 5.75 Å². The summed E-state index contributed by atoms with van der Waals surface area (Å²) in [5.74, 6) is 0.419. The molecule has 0 aliphatic heterocycles. The second-order valence-electron chi connectivity index (χ2n) is 3.26. The van der Waals surface area contributed by atoms with Gasteiger partial charge in [0.25, 0.3) is 0 Å². The molecule has 1 heterocycles. The summed E-state index contributed by atoms with van der Waals surface area (Å²) in [5, 5.41) is 0.512. The smallest absolute Gasteiger partial charge is 0.212 e. The number of rotatable bonds is 3. The Bertz CT molecular complexity index is 519. The van der Waals surface area contributed by atoms with Crippen LogP contribution in [0.4, 0.5) is 0 Å². The van der Waals surface area contributed by atoms with Crippen LogP contribution >= 0.6 is 11.6 Å². The van der Waals surface area contributed by atoms with E-state index >= 15 is 0 Å². The molecule has 16 heavy (non-hydrogen) atoms. The van der Waals surface area contributed by atoms with Gasteiger partial charge in [-0.2, -0.15) is 0 Å². The van der Waals surface area contributed by atoms with Gasteiger partial charge in [-0.1, -0.05) is 23.7 Å². The quantitative estimate of drug-likeness (QED) is 0.832. The minimum atomic E-state index is -0.135. The molecule has 1 aromatic carbocycles. The largest absolute Gasteiger partial charge is 0.496 e. The first-order valence-electron chi connectivity index (χ1n) is 4.74. The van der Waals surface area contributed by atoms with Gasteiger partial charge >= 0.3 is 0 Å². The third-order valence-electron chi connectivity index (χ3n) is 2.24. The molecular formula is C12H10ClNO2. The number of para-hydroxylation sites is 1. The molecule has 4 heteroatoms. The summed E-state index contributed by atoms with van der Waals surface area (Å²) in [6.07, 6.45) is 1.57. The van der Waals surface area contributed by atoms with Gasteiger partial charge in [0.2, 0.25) is 5.78 Å². The van der Waals surface area contributed by atoms with Crippen molar-refractivity contribution >= 4 is 17.4 Å². The average molecular weight is 236 g/mol. The van der Waals surface area contributed by atoms with Gasteiger partial charge in [-0.15, -0.1) is 0 Å². The number of aromatic nitrogens is 1. The van der Waals surface area contributed by atoms with Gasteiger partial charge in [0.15, 0.2) is 0 Å². The lowest BCUT2D eigenvalue weighted by Gasteiger charge is -2.05. The lowest BCUT2D eigenvalue weighted by molar-refractivity contribution is 0.103. The van der Waals surface area contributed by atoms with Crippen molar-refractivity contribution in [1.82, 2.24) is 4.98 Å². The molecule has 0 saturated heterocycles. The molecule has 1 N–H and O–H groups in total. The van der Waals surface area contributed by atoms with Crippen LogP contribution in [0.3, 0.4) is 0 Å². The first-order valence-corrected chi connectivity index (χ1v) is 5.12. The molecule has 0 aliphatic carbocycles. The highest BCUT2D eigenvalue weighted by Crippen LogP contribution is 2.21. The number of carbonyl (C=O) groups is 1. The van der Waals surface area contributed by atoms with Crippen molar-refractivity contribution in [2.45, 2.75) is 0 Å². The number of ketones is 1. The standard InChI is InChI=1S/C12H10ClNO2/c1-16-11-5-3-2-4-9(11)12(15)10-6-8(13)7-14-10/h2-7,14H,1H3. The number of H-pyrrole nitrogens is 1. The number of hydrogen-bond acceptors (Lipinski definition) is 2. The van der Waals surface area contributed by atoms with Crippen molar-refractivity contribution in [3.63, 3.8) is 0 Å². The highest BCUT2D eigenvalue weighted by molar-refractivity contribution is 6.31. The molecule has 0 atom stereocenters. The van der Waals surface area contributed by atoms with E-state index in [1.807, 2.05) is 6.07 Å². The molecule has 0 bridgehead atoms. The Labute approximate surface area is 98.0 Å². The highest BCUT2D eigenvalue weighted by atomic mass is 35.5. The maximum Gasteiger partial charge on any atom is 0.212 e. The Hall–Kier alpha value is -1.74. The first kappa shape index (κ1) is 10.8. The zero-order chi connectivity index (χ0) is 11.5. The van der Waals surface area contributed by atoms with Crippen LogP contribution in [0.5, 0.6) is 5.75 Å². The number of carbonyl (C=O) groups excluding carboxylic acids is 1. The van der Waals surface area contributed by atoms with Gasteiger partial charge in [-0.25, -0.2) is 0 Å². The van der Waals surface area contributed by atoms with E-state index in [1.54, 1.807) is 30.5 Å². The lowest BCUT2D eigenvalue weighted by Crippen LogP contribution is -2.03. The van der Waals surface area contributed by atoms with Crippen LogP contribution < -0.4 is 4.74 Å². The van der Waals surface area contributed by atoms with Gasteiger partial charge in [0, 0.05) is 6.20 Å². The number of halogens is 1. The average Bonchev–Trinajstić information content (AvgIpc) is 2.75. The van der Waals surface area contributed by atoms with E-state index in [2.05, 4.69) is 4.98 Å². The lowest BCUT2D eigenvalue weighted by atomic mass is 10.1. The number of nitrogens with one attached hydrogen (secondary N) is 1. The van der Waals surface area contributed by atoms with Gasteiger partial charge < -0.3 is 9.72 Å². The van der Waals surface area contributed by atoms with Crippen molar-refractivity contribution in [1.29, 1.82) is 0 Å². The van der Waals surface area contributed by atoms with Gasteiger partial charge in [0.05, 0.1) is 23.4 Å². The predicted molar refractivity (Wildman–Crippen MR) is 62.2 cm³/mol. The summed E-state index contributed by atoms with van der Waals surface area (Å²) in [6, 6.07) is 8.67. The van der Waals surface area contributed by atoms with Crippen LogP contribution in [0.25, 0.3) is 0 Å². The normalized spacial score (nSPS) is 10.1. The fourth-order valence-corrected chi connectivity index (χ4v) is 1.64. The Kier molecular flexibility index (Phi) is 2.97. The molecule has 0 radical (unpaired) electrons. The van der Waals surface area contributed by atoms with Crippen LogP contribution in [0.2, 0.25) is 5.02 Å². The molecular weight excluding hydrogens is 226 g/mol. The Morgan fingerprint density at radius 2 is 2.12 bits per heavy atom. The van der Waals surface area contributed by atoms with Crippen molar-refractivity contribution in [2.75, 3.05) is 7.11 Å². The molecule has 3 nitrogen and oxygen atoms in total. The summed E-state index contributed by atoms with van der Waals surface area (Å²) in [6.45, 7) is 0. The maximum absolute atomic E-state index is 12.1. The third kappa shape index (κ3) is 1.95. The molecule has 82 valence electrons. The number of ether oxygens (including phenoxy) is 1. The molecule has 0 unspecified atom stereocenters. The molecule has 0 fully saturated rings. The molecule has 0 saturated carbocycles. The van der Waals surface area contributed by atoms with Crippen molar-refractivity contribution in [2.24, 2.45) is 0 Å². The fraction of sp³-hybridized carbons (Fsp3) is 0.0833. The second-order valence-corrected chi connectivity index (χ2v) is 3.70. The number of hydrogen-bond donors (Lipinski definition) is 1. The van der Waals surface area contributed by atoms with E-state index in [4.69, 9.17) is 16.3 Å². The van der Waals surface area contributed by atoms with E-state index in [9.17, 15) is 4.79 Å². The minimum Gasteiger partial charge on any atom is -0.496 e. The summed E-state index contributed by atoms with van der Waals surface area (Å²) >= 11 is 5.75. The van der Waals surface area contributed by atoms with E-state index in [-0.39, 0.29) is 5.78 Å². The summed E-state index contributed by atoms with van der Waals surface area (Å²) < 4.78 is 5.13. The Morgan fingerprint density at radius 1 is 1.38 bits per heavy atom. The summed E-state index contributed by atoms with van der Waals surface area (Å²) in [5.41, 5.74) is 0.970. The SMILES string of the molecule is COc1ccccc1C(=O)c1cc(Cl)c[nH]1. The van der Waals surface area contributed by atoms with Crippen LogP contribution in [-0.4, -0.2) is 17.9 Å². The van der Waals surface area contributed by atoms with Gasteiger partial charge in [-0.3, -0.25) is 4.79 Å².